The predicted molar refractivity (Wildman–Crippen MR) is 388 cm³/mol. The molecule has 4 nitrogen and oxygen atoms in total. The molecule has 4 heteroatoms. The van der Waals surface area contributed by atoms with Gasteiger partial charge in [-0.2, -0.15) is 0 Å². The Labute approximate surface area is 548 Å². The van der Waals surface area contributed by atoms with E-state index in [1.807, 2.05) is 6.08 Å². The molecular weight excluding hydrogens is 1130 g/mol. The van der Waals surface area contributed by atoms with E-state index >= 15 is 0 Å². The Balaban J connectivity index is 0.763. The second-order valence-corrected chi connectivity index (χ2v) is 24.3. The van der Waals surface area contributed by atoms with Crippen molar-refractivity contribution in [3.63, 3.8) is 0 Å². The normalized spacial score (nSPS) is 12.6. The fourth-order valence-electron chi connectivity index (χ4n) is 13.7. The Morgan fingerprint density at radius 2 is 0.720 bits per heavy atom. The lowest BCUT2D eigenvalue weighted by Gasteiger charge is -2.34. The molecule has 0 spiro atoms. The van der Waals surface area contributed by atoms with Crippen molar-refractivity contribution in [1.82, 2.24) is 0 Å². The summed E-state index contributed by atoms with van der Waals surface area (Å²) < 4.78 is 12.8. The molecule has 2 atom stereocenters. The molecule has 14 rings (SSSR count). The van der Waals surface area contributed by atoms with Gasteiger partial charge in [-0.05, 0) is 217 Å². The fourth-order valence-corrected chi connectivity index (χ4v) is 13.7. The van der Waals surface area contributed by atoms with Crippen LogP contribution in [0.2, 0.25) is 0 Å². The van der Waals surface area contributed by atoms with Crippen LogP contribution in [0.3, 0.4) is 0 Å². The second kappa shape index (κ2) is 27.1. The molecular formula is C89H74N2O2. The fraction of sp³-hybridized carbons (Fsp3) is 0.101. The Hall–Kier alpha value is -11.2. The van der Waals surface area contributed by atoms with Crippen LogP contribution in [-0.4, -0.2) is 0 Å². The zero-order valence-corrected chi connectivity index (χ0v) is 52.7. The molecule has 0 amide bonds. The molecule has 93 heavy (non-hydrogen) atoms. The maximum atomic E-state index is 6.70. The van der Waals surface area contributed by atoms with E-state index in [-0.39, 0.29) is 0 Å². The summed E-state index contributed by atoms with van der Waals surface area (Å²) >= 11 is 0. The standard InChI is InChI=1S/C89H74N2O2/c1-4-65-31-33-66(34-32-65)62-92-83-53-43-69(44-54-83)64(3)59-68(5-2)70-37-35-67(36-38-70)63-93-84-55-47-76(48-56-84)89(75-21-11-6-12-22-75)87-60-73(71-39-49-81(50-40-71)90(77-23-13-7-14-24-77)78-25-15-8-16-26-78)45-57-85(87)86-58-46-74(61-88(86)89)72-41-51-82(52-42-72)91(79-27-17-9-18-28-79)80-29-19-10-20-30-80/h4,6-58,60-61,64,68H,1,5,59,62-63H2,2-3H3. The highest BCUT2D eigenvalue weighted by molar-refractivity contribution is 5.91. The van der Waals surface area contributed by atoms with Crippen molar-refractivity contribution in [3.05, 3.63) is 390 Å². The molecule has 0 bridgehead atoms. The topological polar surface area (TPSA) is 24.9 Å². The lowest BCUT2D eigenvalue weighted by Crippen LogP contribution is -2.28. The molecule has 2 unspecified atom stereocenters. The van der Waals surface area contributed by atoms with Gasteiger partial charge in [0, 0.05) is 34.1 Å². The third-order valence-corrected chi connectivity index (χ3v) is 18.7. The molecule has 452 valence electrons. The number of rotatable bonds is 22. The molecule has 0 aromatic heterocycles. The zero-order chi connectivity index (χ0) is 62.9. The lowest BCUT2D eigenvalue weighted by atomic mass is 9.67. The van der Waals surface area contributed by atoms with E-state index in [9.17, 15) is 0 Å². The maximum Gasteiger partial charge on any atom is 0.119 e. The number of anilines is 6. The Bertz CT molecular complexity index is 4340. The summed E-state index contributed by atoms with van der Waals surface area (Å²) in [6.07, 6.45) is 3.98. The molecule has 13 aromatic rings. The van der Waals surface area contributed by atoms with Gasteiger partial charge in [0.05, 0.1) is 5.41 Å². The van der Waals surface area contributed by atoms with Crippen molar-refractivity contribution in [2.24, 2.45) is 0 Å². The molecule has 1 aliphatic carbocycles. The van der Waals surface area contributed by atoms with Crippen LogP contribution in [0.25, 0.3) is 39.5 Å². The molecule has 0 N–H and O–H groups in total. The van der Waals surface area contributed by atoms with Crippen LogP contribution in [0.5, 0.6) is 11.5 Å². The van der Waals surface area contributed by atoms with Gasteiger partial charge >= 0.3 is 0 Å². The monoisotopic (exact) mass is 1200 g/mol. The van der Waals surface area contributed by atoms with E-state index in [4.69, 9.17) is 9.47 Å². The molecule has 0 radical (unpaired) electrons. The van der Waals surface area contributed by atoms with Gasteiger partial charge in [0.15, 0.2) is 0 Å². The maximum absolute atomic E-state index is 6.70. The number of ether oxygens (including phenoxy) is 2. The number of para-hydroxylation sites is 4. The van der Waals surface area contributed by atoms with Gasteiger partial charge < -0.3 is 19.3 Å². The first kappa shape index (κ1) is 59.4. The van der Waals surface area contributed by atoms with Crippen molar-refractivity contribution in [3.8, 4) is 44.9 Å². The minimum Gasteiger partial charge on any atom is -0.489 e. The SMILES string of the molecule is C=Cc1ccc(COc2ccc(C(C)CC(CC)c3ccc(COc4ccc(C5(c6ccccc6)c6cc(-c7ccc(N(c8ccccc8)c8ccccc8)cc7)ccc6-c6ccc(-c7ccc(N(c8ccccc8)c8ccccc8)cc7)cc65)cc4)cc3)cc2)cc1. The van der Waals surface area contributed by atoms with Crippen molar-refractivity contribution < 1.29 is 9.47 Å². The highest BCUT2D eigenvalue weighted by atomic mass is 16.5. The quantitative estimate of drug-likeness (QED) is 0.0675. The Morgan fingerprint density at radius 1 is 0.366 bits per heavy atom. The average molecular weight is 1200 g/mol. The highest BCUT2D eigenvalue weighted by Crippen LogP contribution is 2.58. The van der Waals surface area contributed by atoms with Crippen molar-refractivity contribution in [2.75, 3.05) is 9.80 Å². The summed E-state index contributed by atoms with van der Waals surface area (Å²) in [5.74, 6) is 2.53. The van der Waals surface area contributed by atoms with Crippen molar-refractivity contribution >= 4 is 40.2 Å². The lowest BCUT2D eigenvalue weighted by molar-refractivity contribution is 0.306. The largest absolute Gasteiger partial charge is 0.489 e. The van der Waals surface area contributed by atoms with Crippen LogP contribution in [-0.2, 0) is 18.6 Å². The van der Waals surface area contributed by atoms with Crippen LogP contribution < -0.4 is 19.3 Å². The van der Waals surface area contributed by atoms with Crippen molar-refractivity contribution in [2.45, 2.75) is 57.2 Å². The molecule has 1 aliphatic rings. The first-order valence-corrected chi connectivity index (χ1v) is 32.5. The summed E-state index contributed by atoms with van der Waals surface area (Å²) in [6.45, 7) is 9.50. The molecule has 0 aliphatic heterocycles. The van der Waals surface area contributed by atoms with Crippen molar-refractivity contribution in [1.29, 1.82) is 0 Å². The number of fused-ring (bicyclic) bond motifs is 3. The summed E-state index contributed by atoms with van der Waals surface area (Å²) in [5.41, 5.74) is 23.9. The number of hydrogen-bond donors (Lipinski definition) is 0. The summed E-state index contributed by atoms with van der Waals surface area (Å²) in [4.78, 5) is 4.63. The van der Waals surface area contributed by atoms with Crippen LogP contribution in [0.15, 0.2) is 340 Å². The van der Waals surface area contributed by atoms with E-state index < -0.39 is 5.41 Å². The summed E-state index contributed by atoms with van der Waals surface area (Å²) in [7, 11) is 0. The highest BCUT2D eigenvalue weighted by Gasteiger charge is 2.46. The Morgan fingerprint density at radius 3 is 1.13 bits per heavy atom. The number of benzene rings is 13. The minimum absolute atomic E-state index is 0.392. The van der Waals surface area contributed by atoms with Crippen LogP contribution >= 0.6 is 0 Å². The van der Waals surface area contributed by atoms with Gasteiger partial charge in [-0.25, -0.2) is 0 Å². The van der Waals surface area contributed by atoms with Crippen LogP contribution in [0.1, 0.15) is 88.6 Å². The van der Waals surface area contributed by atoms with E-state index in [1.54, 1.807) is 0 Å². The first-order chi connectivity index (χ1) is 45.9. The van der Waals surface area contributed by atoms with E-state index in [1.165, 1.54) is 44.5 Å². The first-order valence-electron chi connectivity index (χ1n) is 32.5. The van der Waals surface area contributed by atoms with Gasteiger partial charge in [-0.3, -0.25) is 0 Å². The van der Waals surface area contributed by atoms with Gasteiger partial charge in [0.25, 0.3) is 0 Å². The van der Waals surface area contributed by atoms with Crippen LogP contribution in [0, 0.1) is 0 Å². The van der Waals surface area contributed by atoms with Gasteiger partial charge in [-0.15, -0.1) is 0 Å². The van der Waals surface area contributed by atoms with Gasteiger partial charge in [-0.1, -0.05) is 251 Å². The van der Waals surface area contributed by atoms with Gasteiger partial charge in [0.1, 0.15) is 24.7 Å². The van der Waals surface area contributed by atoms with Crippen LogP contribution in [0.4, 0.5) is 34.1 Å². The van der Waals surface area contributed by atoms with E-state index in [0.717, 1.165) is 97.4 Å². The smallest absolute Gasteiger partial charge is 0.119 e. The molecule has 0 heterocycles. The van der Waals surface area contributed by atoms with Gasteiger partial charge in [0.2, 0.25) is 0 Å². The summed E-state index contributed by atoms with van der Waals surface area (Å²) in [5, 5.41) is 0. The van der Waals surface area contributed by atoms with E-state index in [0.29, 0.717) is 25.0 Å². The van der Waals surface area contributed by atoms with E-state index in [2.05, 4.69) is 364 Å². The molecule has 0 saturated heterocycles. The summed E-state index contributed by atoms with van der Waals surface area (Å²) in [6, 6.07) is 121. The molecule has 13 aromatic carbocycles. The number of hydrogen-bond acceptors (Lipinski definition) is 4. The predicted octanol–water partition coefficient (Wildman–Crippen LogP) is 23.8. The number of nitrogens with zero attached hydrogens (tertiary/aromatic N) is 2. The molecule has 0 saturated carbocycles. The average Bonchev–Trinajstić information content (AvgIpc) is 1.55. The molecule has 0 fully saturated rings. The third-order valence-electron chi connectivity index (χ3n) is 18.7. The Kier molecular flexibility index (Phi) is 17.3. The zero-order valence-electron chi connectivity index (χ0n) is 52.7. The third kappa shape index (κ3) is 12.4. The second-order valence-electron chi connectivity index (χ2n) is 24.3. The minimum atomic E-state index is -0.689.